The van der Waals surface area contributed by atoms with Crippen LogP contribution in [-0.2, 0) is 17.4 Å². The fourth-order valence-electron chi connectivity index (χ4n) is 2.96. The van der Waals surface area contributed by atoms with Gasteiger partial charge in [0.05, 0.1) is 12.0 Å². The molecule has 0 unspecified atom stereocenters. The minimum atomic E-state index is -4.32. The SMILES string of the molecule is O=C(Cc1ccccc1)N1CCN(c2ccc(C(F)(F)F)cc2)CC1. The molecule has 0 atom stereocenters. The fraction of sp³-hybridized carbons (Fsp3) is 0.316. The molecular weight excluding hydrogens is 329 g/mol. The molecule has 0 saturated carbocycles. The van der Waals surface area contributed by atoms with Crippen molar-refractivity contribution in [3.63, 3.8) is 0 Å². The second-order valence-electron chi connectivity index (χ2n) is 6.07. The molecule has 2 aromatic carbocycles. The molecule has 0 aliphatic carbocycles. The van der Waals surface area contributed by atoms with Crippen LogP contribution in [0.1, 0.15) is 11.1 Å². The third-order valence-electron chi connectivity index (χ3n) is 4.39. The van der Waals surface area contributed by atoms with Crippen LogP contribution < -0.4 is 4.90 Å². The molecule has 0 radical (unpaired) electrons. The maximum absolute atomic E-state index is 12.6. The lowest BCUT2D eigenvalue weighted by atomic mass is 10.1. The van der Waals surface area contributed by atoms with Gasteiger partial charge in [0.15, 0.2) is 0 Å². The average Bonchev–Trinajstić information content (AvgIpc) is 2.62. The van der Waals surface area contributed by atoms with Gasteiger partial charge in [0.1, 0.15) is 0 Å². The van der Waals surface area contributed by atoms with E-state index in [-0.39, 0.29) is 5.91 Å². The highest BCUT2D eigenvalue weighted by Gasteiger charge is 2.30. The molecule has 0 aromatic heterocycles. The van der Waals surface area contributed by atoms with E-state index in [1.165, 1.54) is 12.1 Å². The van der Waals surface area contributed by atoms with E-state index >= 15 is 0 Å². The van der Waals surface area contributed by atoms with Crippen molar-refractivity contribution < 1.29 is 18.0 Å². The number of nitrogens with zero attached hydrogens (tertiary/aromatic N) is 2. The van der Waals surface area contributed by atoms with Crippen molar-refractivity contribution in [1.29, 1.82) is 0 Å². The normalized spacial score (nSPS) is 15.3. The van der Waals surface area contributed by atoms with Crippen molar-refractivity contribution in [2.75, 3.05) is 31.1 Å². The van der Waals surface area contributed by atoms with Crippen LogP contribution in [0.5, 0.6) is 0 Å². The Morgan fingerprint density at radius 2 is 1.48 bits per heavy atom. The van der Waals surface area contributed by atoms with Crippen molar-refractivity contribution in [2.45, 2.75) is 12.6 Å². The molecule has 2 aromatic rings. The van der Waals surface area contributed by atoms with E-state index < -0.39 is 11.7 Å². The second-order valence-corrected chi connectivity index (χ2v) is 6.07. The van der Waals surface area contributed by atoms with Gasteiger partial charge in [-0.15, -0.1) is 0 Å². The second kappa shape index (κ2) is 7.17. The third-order valence-corrected chi connectivity index (χ3v) is 4.39. The molecule has 6 heteroatoms. The van der Waals surface area contributed by atoms with Gasteiger partial charge in [-0.1, -0.05) is 30.3 Å². The molecule has 1 aliphatic heterocycles. The highest BCUT2D eigenvalue weighted by Crippen LogP contribution is 2.30. The van der Waals surface area contributed by atoms with Crippen LogP contribution in [0.3, 0.4) is 0 Å². The Kier molecular flexibility index (Phi) is 4.97. The van der Waals surface area contributed by atoms with Crippen LogP contribution in [0.25, 0.3) is 0 Å². The van der Waals surface area contributed by atoms with Gasteiger partial charge in [-0.05, 0) is 29.8 Å². The summed E-state index contributed by atoms with van der Waals surface area (Å²) in [7, 11) is 0. The lowest BCUT2D eigenvalue weighted by Gasteiger charge is -2.36. The number of amides is 1. The Hall–Kier alpha value is -2.50. The van der Waals surface area contributed by atoms with Crippen molar-refractivity contribution in [3.8, 4) is 0 Å². The summed E-state index contributed by atoms with van der Waals surface area (Å²) >= 11 is 0. The molecule has 1 heterocycles. The number of hydrogen-bond donors (Lipinski definition) is 0. The van der Waals surface area contributed by atoms with Gasteiger partial charge in [-0.25, -0.2) is 0 Å². The molecule has 1 amide bonds. The molecule has 25 heavy (non-hydrogen) atoms. The maximum Gasteiger partial charge on any atom is 0.416 e. The highest BCUT2D eigenvalue weighted by molar-refractivity contribution is 5.79. The van der Waals surface area contributed by atoms with E-state index in [0.717, 1.165) is 23.4 Å². The Labute approximate surface area is 144 Å². The van der Waals surface area contributed by atoms with Gasteiger partial charge in [0, 0.05) is 31.9 Å². The predicted octanol–water partition coefficient (Wildman–Crippen LogP) is 3.60. The first-order valence-corrected chi connectivity index (χ1v) is 8.17. The van der Waals surface area contributed by atoms with Crippen LogP contribution in [0, 0.1) is 0 Å². The van der Waals surface area contributed by atoms with Gasteiger partial charge in [-0.3, -0.25) is 4.79 Å². The molecule has 3 nitrogen and oxygen atoms in total. The fourth-order valence-corrected chi connectivity index (χ4v) is 2.96. The Morgan fingerprint density at radius 3 is 2.04 bits per heavy atom. The Balaban J connectivity index is 1.55. The highest BCUT2D eigenvalue weighted by atomic mass is 19.4. The van der Waals surface area contributed by atoms with Gasteiger partial charge in [0.2, 0.25) is 5.91 Å². The summed E-state index contributed by atoms with van der Waals surface area (Å²) in [6, 6.07) is 14.8. The van der Waals surface area contributed by atoms with E-state index in [4.69, 9.17) is 0 Å². The Bertz CT molecular complexity index is 706. The lowest BCUT2D eigenvalue weighted by molar-refractivity contribution is -0.137. The lowest BCUT2D eigenvalue weighted by Crippen LogP contribution is -2.49. The van der Waals surface area contributed by atoms with Gasteiger partial charge in [-0.2, -0.15) is 13.2 Å². The van der Waals surface area contributed by atoms with Crippen LogP contribution in [0.4, 0.5) is 18.9 Å². The summed E-state index contributed by atoms with van der Waals surface area (Å²) in [6.45, 7) is 2.39. The standard InChI is InChI=1S/C19H19F3N2O/c20-19(21,22)16-6-8-17(9-7-16)23-10-12-24(13-11-23)18(25)14-15-4-2-1-3-5-15/h1-9H,10-14H2. The molecule has 1 fully saturated rings. The smallest absolute Gasteiger partial charge is 0.368 e. The van der Waals surface area contributed by atoms with Crippen LogP contribution in [0.15, 0.2) is 54.6 Å². The van der Waals surface area contributed by atoms with E-state index in [1.54, 1.807) is 0 Å². The number of piperazine rings is 1. The zero-order valence-electron chi connectivity index (χ0n) is 13.7. The van der Waals surface area contributed by atoms with Crippen molar-refractivity contribution in [3.05, 3.63) is 65.7 Å². The first-order chi connectivity index (χ1) is 11.9. The summed E-state index contributed by atoms with van der Waals surface area (Å²) in [4.78, 5) is 16.2. The van der Waals surface area contributed by atoms with E-state index in [0.29, 0.717) is 32.6 Å². The summed E-state index contributed by atoms with van der Waals surface area (Å²) in [5.41, 5.74) is 1.09. The van der Waals surface area contributed by atoms with E-state index in [9.17, 15) is 18.0 Å². The third kappa shape index (κ3) is 4.32. The molecule has 0 spiro atoms. The summed E-state index contributed by atoms with van der Waals surface area (Å²) in [5, 5.41) is 0. The number of halogens is 3. The first-order valence-electron chi connectivity index (χ1n) is 8.17. The summed E-state index contributed by atoms with van der Waals surface area (Å²) in [6.07, 6.45) is -3.94. The molecule has 3 rings (SSSR count). The number of rotatable bonds is 3. The molecule has 132 valence electrons. The largest absolute Gasteiger partial charge is 0.416 e. The molecule has 0 bridgehead atoms. The zero-order valence-corrected chi connectivity index (χ0v) is 13.7. The minimum Gasteiger partial charge on any atom is -0.368 e. The van der Waals surface area contributed by atoms with Gasteiger partial charge >= 0.3 is 6.18 Å². The molecule has 1 saturated heterocycles. The van der Waals surface area contributed by atoms with Crippen LogP contribution in [-0.4, -0.2) is 37.0 Å². The van der Waals surface area contributed by atoms with Crippen LogP contribution in [0.2, 0.25) is 0 Å². The molecular formula is C19H19F3N2O. The first kappa shape index (κ1) is 17.3. The van der Waals surface area contributed by atoms with Crippen molar-refractivity contribution in [1.82, 2.24) is 4.90 Å². The minimum absolute atomic E-state index is 0.0817. The molecule has 0 N–H and O–H groups in total. The topological polar surface area (TPSA) is 23.6 Å². The maximum atomic E-state index is 12.6. The van der Waals surface area contributed by atoms with Crippen LogP contribution >= 0.6 is 0 Å². The van der Waals surface area contributed by atoms with E-state index in [1.807, 2.05) is 40.1 Å². The Morgan fingerprint density at radius 1 is 0.880 bits per heavy atom. The summed E-state index contributed by atoms with van der Waals surface area (Å²) < 4.78 is 37.9. The molecule has 1 aliphatic rings. The average molecular weight is 348 g/mol. The van der Waals surface area contributed by atoms with Gasteiger partial charge in [0.25, 0.3) is 0 Å². The van der Waals surface area contributed by atoms with Gasteiger partial charge < -0.3 is 9.80 Å². The number of carbonyl (C=O) groups is 1. The quantitative estimate of drug-likeness (QED) is 0.846. The summed E-state index contributed by atoms with van der Waals surface area (Å²) in [5.74, 6) is 0.0817. The van der Waals surface area contributed by atoms with E-state index in [2.05, 4.69) is 0 Å². The zero-order chi connectivity index (χ0) is 17.9. The number of hydrogen-bond acceptors (Lipinski definition) is 2. The van der Waals surface area contributed by atoms with Crippen molar-refractivity contribution in [2.24, 2.45) is 0 Å². The predicted molar refractivity (Wildman–Crippen MR) is 90.4 cm³/mol. The number of anilines is 1. The monoisotopic (exact) mass is 348 g/mol. The van der Waals surface area contributed by atoms with Crippen molar-refractivity contribution >= 4 is 11.6 Å². The number of benzene rings is 2. The number of carbonyl (C=O) groups excluding carboxylic acids is 1. The number of alkyl halides is 3.